The average Bonchev–Trinajstić information content (AvgIpc) is 3.23. The van der Waals surface area contributed by atoms with Crippen LogP contribution in [-0.2, 0) is 57.5 Å². The first-order valence-electron chi connectivity index (χ1n) is 22.3. The first kappa shape index (κ1) is 62.5. The van der Waals surface area contributed by atoms with Crippen LogP contribution in [0, 0.1) is 23.7 Å². The summed E-state index contributed by atoms with van der Waals surface area (Å²) in [7, 11) is 0. The van der Waals surface area contributed by atoms with E-state index >= 15 is 0 Å². The number of primary amides is 1. The van der Waals surface area contributed by atoms with E-state index in [1.807, 2.05) is 0 Å². The molecule has 27 nitrogen and oxygen atoms in total. The van der Waals surface area contributed by atoms with Gasteiger partial charge in [-0.1, -0.05) is 55.4 Å². The fraction of sp³-hybridized carbons (Fsp3) is 0.714. The lowest BCUT2D eigenvalue weighted by atomic mass is 9.98. The van der Waals surface area contributed by atoms with Crippen LogP contribution < -0.4 is 54.0 Å². The number of hydrogen-bond donors (Lipinski definition) is 15. The third-order valence-corrected chi connectivity index (χ3v) is 10.1. The second-order valence-electron chi connectivity index (χ2n) is 17.9. The second kappa shape index (κ2) is 30.8. The van der Waals surface area contributed by atoms with E-state index in [1.54, 1.807) is 27.7 Å². The van der Waals surface area contributed by atoms with Crippen LogP contribution in [-0.4, -0.2) is 164 Å². The summed E-state index contributed by atoms with van der Waals surface area (Å²) in [5.41, 5.74) is 10.8. The van der Waals surface area contributed by atoms with E-state index in [4.69, 9.17) is 11.5 Å². The van der Waals surface area contributed by atoms with Crippen molar-refractivity contribution in [2.75, 3.05) is 13.2 Å². The Hall–Kier alpha value is -6.48. The molecule has 17 N–H and O–H groups in total. The standard InChI is InChI=1S/C42H72N10O17/c1-18(2)13-25(47-34(60)22(43)16-53)37(63)48-26(15-31(58)59)38(64)45-23(9-11-29(44)55)36(62)50-28(17-54)39(65)51-33(21(7)8)41(67)52-32(20(5)6)40(66)46-24(10-12-30(56)57)35(61)49-27(42(68)69)14-19(3)4/h18-28,32-33,53-54H,9-17,43H2,1-8H3,(H2,44,55)(H,45,64)(H,46,66)(H,47,60)(H,48,63)(H,49,61)(H,50,62)(H,51,65)(H,52,67)(H,56,57)(H,58,59)(H,68,69)/t22-,23-,24-,25-,26-,27-,28-,32-,33-/m0/s1. The molecule has 0 bridgehead atoms. The molecule has 0 aromatic heterocycles. The number of carboxylic acids is 3. The summed E-state index contributed by atoms with van der Waals surface area (Å²) in [6.07, 6.45) is -3.20. The minimum Gasteiger partial charge on any atom is -0.481 e. The van der Waals surface area contributed by atoms with Gasteiger partial charge in [-0.3, -0.25) is 52.7 Å². The Morgan fingerprint density at radius 1 is 0.420 bits per heavy atom. The molecule has 0 aliphatic carbocycles. The Morgan fingerprint density at radius 3 is 1.20 bits per heavy atom. The molecule has 0 spiro atoms. The van der Waals surface area contributed by atoms with Gasteiger partial charge in [-0.25, -0.2) is 4.79 Å². The van der Waals surface area contributed by atoms with Gasteiger partial charge in [0.15, 0.2) is 0 Å². The van der Waals surface area contributed by atoms with Crippen LogP contribution in [0.15, 0.2) is 0 Å². The number of aliphatic hydroxyl groups excluding tert-OH is 2. The van der Waals surface area contributed by atoms with Gasteiger partial charge >= 0.3 is 17.9 Å². The van der Waals surface area contributed by atoms with Crippen LogP contribution >= 0.6 is 0 Å². The SMILES string of the molecule is CC(C)C[C@H](NC(=O)[C@H](CCC(=O)O)NC(=O)[C@@H](NC(=O)[C@@H](NC(=O)[C@H](CO)NC(=O)[C@H](CCC(N)=O)NC(=O)[C@H](CC(=O)O)NC(=O)[C@H](CC(C)C)NC(=O)[C@@H](N)CO)C(C)C)C(C)C)C(=O)O. The Balaban J connectivity index is 6.42. The van der Waals surface area contributed by atoms with Crippen molar-refractivity contribution in [1.82, 2.24) is 42.5 Å². The van der Waals surface area contributed by atoms with Gasteiger partial charge in [-0.2, -0.15) is 0 Å². The van der Waals surface area contributed by atoms with Gasteiger partial charge in [-0.05, 0) is 49.4 Å². The lowest BCUT2D eigenvalue weighted by Crippen LogP contribution is -2.62. The molecule has 69 heavy (non-hydrogen) atoms. The number of nitrogens with two attached hydrogens (primary N) is 2. The van der Waals surface area contributed by atoms with Crippen LogP contribution in [0.1, 0.15) is 100 Å². The Morgan fingerprint density at radius 2 is 0.783 bits per heavy atom. The minimum absolute atomic E-state index is 0.0186. The van der Waals surface area contributed by atoms with Crippen molar-refractivity contribution >= 4 is 71.1 Å². The molecule has 27 heteroatoms. The molecule has 0 radical (unpaired) electrons. The van der Waals surface area contributed by atoms with E-state index < -0.39 is 183 Å². The number of aliphatic carboxylic acids is 3. The third-order valence-electron chi connectivity index (χ3n) is 10.1. The van der Waals surface area contributed by atoms with Crippen molar-refractivity contribution in [3.8, 4) is 0 Å². The van der Waals surface area contributed by atoms with Gasteiger partial charge in [0.25, 0.3) is 0 Å². The summed E-state index contributed by atoms with van der Waals surface area (Å²) >= 11 is 0. The molecule has 0 saturated heterocycles. The number of aliphatic hydroxyl groups is 2. The molecule has 0 unspecified atom stereocenters. The predicted octanol–water partition coefficient (Wildman–Crippen LogP) is -4.73. The Kier molecular flexibility index (Phi) is 27.9. The van der Waals surface area contributed by atoms with Crippen LogP contribution in [0.2, 0.25) is 0 Å². The van der Waals surface area contributed by atoms with Crippen molar-refractivity contribution in [3.63, 3.8) is 0 Å². The maximum absolute atomic E-state index is 13.7. The Bertz CT molecular complexity index is 1830. The van der Waals surface area contributed by atoms with Crippen molar-refractivity contribution in [3.05, 3.63) is 0 Å². The third kappa shape index (κ3) is 23.9. The molecule has 0 saturated carbocycles. The highest BCUT2D eigenvalue weighted by atomic mass is 16.4. The molecule has 0 aromatic carbocycles. The summed E-state index contributed by atoms with van der Waals surface area (Å²) in [6.45, 7) is 11.0. The molecule has 0 heterocycles. The highest BCUT2D eigenvalue weighted by molar-refractivity contribution is 5.99. The molecule has 0 fully saturated rings. The van der Waals surface area contributed by atoms with E-state index in [0.717, 1.165) is 0 Å². The number of rotatable bonds is 33. The van der Waals surface area contributed by atoms with Crippen LogP contribution in [0.5, 0.6) is 0 Å². The van der Waals surface area contributed by atoms with Gasteiger partial charge in [0.2, 0.25) is 53.2 Å². The zero-order chi connectivity index (χ0) is 53.5. The van der Waals surface area contributed by atoms with E-state index in [9.17, 15) is 83.1 Å². The quantitative estimate of drug-likeness (QED) is 0.0294. The van der Waals surface area contributed by atoms with Crippen molar-refractivity contribution in [2.24, 2.45) is 35.1 Å². The molecular weight excluding hydrogens is 917 g/mol. The predicted molar refractivity (Wildman–Crippen MR) is 241 cm³/mol. The fourth-order valence-electron chi connectivity index (χ4n) is 6.35. The highest BCUT2D eigenvalue weighted by Crippen LogP contribution is 2.12. The zero-order valence-electron chi connectivity index (χ0n) is 40.2. The van der Waals surface area contributed by atoms with Gasteiger partial charge < -0.3 is 79.5 Å². The largest absolute Gasteiger partial charge is 0.481 e. The molecule has 0 aromatic rings. The fourth-order valence-corrected chi connectivity index (χ4v) is 6.35. The number of amides is 9. The van der Waals surface area contributed by atoms with Crippen molar-refractivity contribution in [2.45, 2.75) is 155 Å². The molecule has 0 aliphatic heterocycles. The summed E-state index contributed by atoms with van der Waals surface area (Å²) in [5.74, 6) is -15.6. The normalized spacial score (nSPS) is 15.2. The second-order valence-corrected chi connectivity index (χ2v) is 17.9. The van der Waals surface area contributed by atoms with Gasteiger partial charge in [0, 0.05) is 12.8 Å². The molecular formula is C42H72N10O17. The number of carbonyl (C=O) groups is 12. The number of hydrogen-bond acceptors (Lipinski definition) is 15. The topological polar surface area (TPSA) is 454 Å². The van der Waals surface area contributed by atoms with E-state index in [1.165, 1.54) is 27.7 Å². The summed E-state index contributed by atoms with van der Waals surface area (Å²) < 4.78 is 0. The maximum atomic E-state index is 13.7. The zero-order valence-corrected chi connectivity index (χ0v) is 40.2. The van der Waals surface area contributed by atoms with Crippen LogP contribution in [0.25, 0.3) is 0 Å². The first-order chi connectivity index (χ1) is 31.9. The summed E-state index contributed by atoms with van der Waals surface area (Å²) in [6, 6.07) is -14.1. The molecule has 9 atom stereocenters. The molecule has 9 amide bonds. The van der Waals surface area contributed by atoms with E-state index in [2.05, 4.69) is 42.5 Å². The molecule has 392 valence electrons. The lowest BCUT2D eigenvalue weighted by molar-refractivity contribution is -0.143. The number of carboxylic acid groups (broad SMARTS) is 3. The van der Waals surface area contributed by atoms with Gasteiger partial charge in [0.05, 0.1) is 19.6 Å². The number of nitrogens with one attached hydrogen (secondary N) is 8. The monoisotopic (exact) mass is 989 g/mol. The molecule has 0 aliphatic rings. The summed E-state index contributed by atoms with van der Waals surface area (Å²) in [5, 5.41) is 66.3. The van der Waals surface area contributed by atoms with Crippen molar-refractivity contribution in [1.29, 1.82) is 0 Å². The number of carbonyl (C=O) groups excluding carboxylic acids is 9. The van der Waals surface area contributed by atoms with E-state index in [-0.39, 0.29) is 24.7 Å². The Labute approximate surface area is 399 Å². The average molecular weight is 989 g/mol. The smallest absolute Gasteiger partial charge is 0.326 e. The van der Waals surface area contributed by atoms with Crippen molar-refractivity contribution < 1.29 is 83.1 Å². The van der Waals surface area contributed by atoms with Crippen LogP contribution in [0.4, 0.5) is 0 Å². The molecule has 0 rings (SSSR count). The summed E-state index contributed by atoms with van der Waals surface area (Å²) in [4.78, 5) is 154. The van der Waals surface area contributed by atoms with Gasteiger partial charge in [0.1, 0.15) is 54.4 Å². The minimum atomic E-state index is -1.90. The highest BCUT2D eigenvalue weighted by Gasteiger charge is 2.37. The maximum Gasteiger partial charge on any atom is 0.326 e. The van der Waals surface area contributed by atoms with E-state index in [0.29, 0.717) is 0 Å². The van der Waals surface area contributed by atoms with Gasteiger partial charge in [-0.15, -0.1) is 0 Å². The van der Waals surface area contributed by atoms with Crippen LogP contribution in [0.3, 0.4) is 0 Å². The first-order valence-corrected chi connectivity index (χ1v) is 22.3. The lowest BCUT2D eigenvalue weighted by Gasteiger charge is -2.30.